The van der Waals surface area contributed by atoms with Crippen molar-refractivity contribution in [1.82, 2.24) is 0 Å². The molecule has 252 valence electrons. The van der Waals surface area contributed by atoms with E-state index in [2.05, 4.69) is 133 Å². The van der Waals surface area contributed by atoms with Gasteiger partial charge in [-0.05, 0) is 81.2 Å². The minimum Gasteiger partial charge on any atom is -0.456 e. The zero-order chi connectivity index (χ0) is 35.6. The van der Waals surface area contributed by atoms with Crippen LogP contribution in [-0.4, -0.2) is 11.5 Å². The fraction of sp³-hybridized carbons (Fsp3) is 0. The van der Waals surface area contributed by atoms with Gasteiger partial charge in [0.2, 0.25) is 0 Å². The maximum Gasteiger partial charge on any atom is 0.161 e. The summed E-state index contributed by atoms with van der Waals surface area (Å²) >= 11 is 0. The summed E-state index contributed by atoms with van der Waals surface area (Å²) in [6, 6.07) is 56.7. The highest BCUT2D eigenvalue weighted by Gasteiger charge is 2.22. The third-order valence-electron chi connectivity index (χ3n) is 10.5. The molecule has 1 aliphatic rings. The number of amidine groups is 1. The number of hydrogen-bond acceptors (Lipinski definition) is 4. The topological polar surface area (TPSA) is 51.0 Å². The monoisotopic (exact) mass is 690 g/mol. The Balaban J connectivity index is 1.23. The highest BCUT2D eigenvalue weighted by atomic mass is 16.3. The van der Waals surface area contributed by atoms with Crippen molar-refractivity contribution in [2.45, 2.75) is 0 Å². The van der Waals surface area contributed by atoms with E-state index in [1.807, 2.05) is 48.5 Å². The van der Waals surface area contributed by atoms with Crippen LogP contribution < -0.4 is 0 Å². The van der Waals surface area contributed by atoms with E-state index >= 15 is 0 Å². The number of rotatable bonds is 4. The van der Waals surface area contributed by atoms with Crippen LogP contribution in [0.15, 0.2) is 201 Å². The number of para-hydroxylation sites is 2. The second-order valence-corrected chi connectivity index (χ2v) is 13.7. The molecule has 0 N–H and O–H groups in total. The average Bonchev–Trinajstić information content (AvgIpc) is 3.79. The predicted octanol–water partition coefficient (Wildman–Crippen LogP) is 13.3. The van der Waals surface area contributed by atoms with Crippen molar-refractivity contribution in [3.8, 4) is 11.1 Å². The summed E-state index contributed by atoms with van der Waals surface area (Å²) in [5.74, 6) is 0.601. The Labute approximate surface area is 310 Å². The molecule has 0 aliphatic carbocycles. The number of fused-ring (bicyclic) bond motifs is 9. The van der Waals surface area contributed by atoms with E-state index in [1.165, 1.54) is 10.8 Å². The lowest BCUT2D eigenvalue weighted by molar-refractivity contribution is 0.668. The summed E-state index contributed by atoms with van der Waals surface area (Å²) in [7, 11) is 0. The Bertz CT molecular complexity index is 3270. The number of aliphatic imine (C=N–C) groups is 2. The average molecular weight is 691 g/mol. The molecule has 0 unspecified atom stereocenters. The molecular weight excluding hydrogens is 661 g/mol. The fourth-order valence-electron chi connectivity index (χ4n) is 8.07. The van der Waals surface area contributed by atoms with Gasteiger partial charge in [-0.3, -0.25) is 0 Å². The first-order valence-electron chi connectivity index (χ1n) is 18.2. The molecule has 11 rings (SSSR count). The maximum atomic E-state index is 6.66. The van der Waals surface area contributed by atoms with E-state index < -0.39 is 0 Å². The van der Waals surface area contributed by atoms with Crippen LogP contribution in [0.25, 0.3) is 82.2 Å². The van der Waals surface area contributed by atoms with Crippen molar-refractivity contribution in [3.05, 3.63) is 199 Å². The molecule has 2 aromatic heterocycles. The van der Waals surface area contributed by atoms with Gasteiger partial charge in [0, 0.05) is 38.2 Å². The first-order valence-corrected chi connectivity index (χ1v) is 18.2. The maximum absolute atomic E-state index is 6.66. The largest absolute Gasteiger partial charge is 0.456 e. The van der Waals surface area contributed by atoms with Crippen molar-refractivity contribution in [1.29, 1.82) is 0 Å². The van der Waals surface area contributed by atoms with E-state index in [-0.39, 0.29) is 0 Å². The second kappa shape index (κ2) is 12.1. The van der Waals surface area contributed by atoms with Gasteiger partial charge < -0.3 is 8.83 Å². The minimum absolute atomic E-state index is 0.601. The van der Waals surface area contributed by atoms with Crippen LogP contribution in [0.5, 0.6) is 0 Å². The van der Waals surface area contributed by atoms with Gasteiger partial charge in [0.05, 0.1) is 11.4 Å². The normalized spacial score (nSPS) is 16.9. The molecule has 54 heavy (non-hydrogen) atoms. The zero-order valence-corrected chi connectivity index (χ0v) is 29.0. The van der Waals surface area contributed by atoms with Gasteiger partial charge in [-0.2, -0.15) is 0 Å². The molecule has 8 aromatic carbocycles. The van der Waals surface area contributed by atoms with Gasteiger partial charge in [-0.15, -0.1) is 0 Å². The highest BCUT2D eigenvalue weighted by Crippen LogP contribution is 2.41. The molecule has 10 aromatic rings. The second-order valence-electron chi connectivity index (χ2n) is 13.7. The van der Waals surface area contributed by atoms with Crippen molar-refractivity contribution >= 4 is 82.7 Å². The van der Waals surface area contributed by atoms with Crippen LogP contribution in [-0.2, 0) is 0 Å². The molecule has 4 nitrogen and oxygen atoms in total. The van der Waals surface area contributed by atoms with Gasteiger partial charge >= 0.3 is 0 Å². The summed E-state index contributed by atoms with van der Waals surface area (Å²) in [6.45, 7) is 0. The van der Waals surface area contributed by atoms with Crippen LogP contribution in [0.3, 0.4) is 0 Å². The van der Waals surface area contributed by atoms with Gasteiger partial charge in [0.1, 0.15) is 22.3 Å². The lowest BCUT2D eigenvalue weighted by atomic mass is 9.94. The van der Waals surface area contributed by atoms with Crippen molar-refractivity contribution < 1.29 is 8.83 Å². The summed E-state index contributed by atoms with van der Waals surface area (Å²) in [5.41, 5.74) is 9.91. The number of nitrogens with zero attached hydrogens (tertiary/aromatic N) is 2. The Kier molecular flexibility index (Phi) is 6.82. The molecule has 0 amide bonds. The highest BCUT2D eigenvalue weighted by molar-refractivity contribution is 6.26. The lowest BCUT2D eigenvalue weighted by Crippen LogP contribution is -2.07. The van der Waals surface area contributed by atoms with Crippen molar-refractivity contribution in [2.24, 2.45) is 9.98 Å². The summed E-state index contributed by atoms with van der Waals surface area (Å²) < 4.78 is 13.0. The third-order valence-corrected chi connectivity index (χ3v) is 10.5. The molecule has 0 spiro atoms. The van der Waals surface area contributed by atoms with E-state index in [1.54, 1.807) is 0 Å². The molecule has 0 fully saturated rings. The first-order chi connectivity index (χ1) is 26.8. The number of allylic oxidation sites excluding steroid dienone is 3. The van der Waals surface area contributed by atoms with E-state index in [9.17, 15) is 0 Å². The molecule has 0 saturated heterocycles. The van der Waals surface area contributed by atoms with Crippen LogP contribution >= 0.6 is 0 Å². The number of hydrogen-bond donors (Lipinski definition) is 0. The Hall–Kier alpha value is -7.30. The van der Waals surface area contributed by atoms with Gasteiger partial charge in [0.15, 0.2) is 5.84 Å². The van der Waals surface area contributed by atoms with Gasteiger partial charge in [-0.1, -0.05) is 133 Å². The SMILES string of the molecule is C1=C/C(c2ccccc2)=N\C(c2cc(-c3cccc4oc5ccccc5c34)cc3oc4ccccc4c23)=N/C(c2cc3ccccc3c3ccccc23)=C/1. The summed E-state index contributed by atoms with van der Waals surface area (Å²) in [6.07, 6.45) is 6.26. The number of furan rings is 2. The minimum atomic E-state index is 0.601. The lowest BCUT2D eigenvalue weighted by Gasteiger charge is -2.15. The standard InChI is InChI=1S/C50H30N2O2/c1-2-14-31(15-3-1)42-23-13-24-43(40-28-32-16-4-5-17-34(32)36-18-6-7-19-37(36)40)52-50(51-42)41-29-33(30-47-49(41)39-21-9-11-26-45(39)54-47)35-22-12-27-46-48(35)38-20-8-10-25-44(38)53-46/h1-30H/b23-13+,24-13?,42-23?,43-24+,51-42+,51-50?,52-43?,52-50-. The molecule has 0 saturated carbocycles. The van der Waals surface area contributed by atoms with E-state index in [4.69, 9.17) is 18.8 Å². The van der Waals surface area contributed by atoms with Gasteiger partial charge in [-0.25, -0.2) is 9.98 Å². The fourth-order valence-corrected chi connectivity index (χ4v) is 8.07. The molecule has 3 heterocycles. The predicted molar refractivity (Wildman–Crippen MR) is 225 cm³/mol. The molecule has 4 heteroatoms. The zero-order valence-electron chi connectivity index (χ0n) is 29.0. The molecular formula is C50H30N2O2. The van der Waals surface area contributed by atoms with Crippen molar-refractivity contribution in [2.75, 3.05) is 0 Å². The third kappa shape index (κ3) is 4.85. The molecule has 0 atom stereocenters. The van der Waals surface area contributed by atoms with E-state index in [0.717, 1.165) is 93.9 Å². The molecule has 1 aliphatic heterocycles. The quantitative estimate of drug-likeness (QED) is 0.173. The molecule has 0 radical (unpaired) electrons. The Morgan fingerprint density at radius 3 is 1.81 bits per heavy atom. The van der Waals surface area contributed by atoms with Gasteiger partial charge in [0.25, 0.3) is 0 Å². The van der Waals surface area contributed by atoms with Crippen LogP contribution in [0.1, 0.15) is 16.7 Å². The van der Waals surface area contributed by atoms with E-state index in [0.29, 0.717) is 5.84 Å². The summed E-state index contributed by atoms with van der Waals surface area (Å²) in [5, 5.41) is 8.82. The Morgan fingerprint density at radius 1 is 0.389 bits per heavy atom. The smallest absolute Gasteiger partial charge is 0.161 e. The van der Waals surface area contributed by atoms with Crippen LogP contribution in [0, 0.1) is 0 Å². The Morgan fingerprint density at radius 2 is 1.02 bits per heavy atom. The van der Waals surface area contributed by atoms with Crippen LogP contribution in [0.4, 0.5) is 0 Å². The number of benzene rings is 8. The first kappa shape index (κ1) is 30.3. The van der Waals surface area contributed by atoms with Crippen molar-refractivity contribution in [3.63, 3.8) is 0 Å². The summed E-state index contributed by atoms with van der Waals surface area (Å²) in [4.78, 5) is 11.0. The van der Waals surface area contributed by atoms with Crippen LogP contribution in [0.2, 0.25) is 0 Å². The molecule has 0 bridgehead atoms.